The summed E-state index contributed by atoms with van der Waals surface area (Å²) in [5.41, 5.74) is 4.04. The summed E-state index contributed by atoms with van der Waals surface area (Å²) in [4.78, 5) is 52.4. The zero-order chi connectivity index (χ0) is 33.5. The number of hydrogen-bond donors (Lipinski definition) is 3. The SMILES string of the molecule is COc1cc(C(=O)N(C)c2ccc(C)cc2OCCCCCC(=O)N2CCN(C)CC2)ccc1NC(=O)c1cccc2[nH]c(S)nc12.Cl.Cl. The summed E-state index contributed by atoms with van der Waals surface area (Å²) >= 11 is 4.25. The lowest BCUT2D eigenvalue weighted by Gasteiger charge is -2.32. The first-order valence-electron chi connectivity index (χ1n) is 15.8. The molecule has 0 radical (unpaired) electrons. The van der Waals surface area contributed by atoms with Crippen LogP contribution in [0.2, 0.25) is 0 Å². The Labute approximate surface area is 304 Å². The average molecular weight is 732 g/mol. The quantitative estimate of drug-likeness (QED) is 0.116. The number of thiol groups is 1. The Morgan fingerprint density at radius 1 is 0.980 bits per heavy atom. The van der Waals surface area contributed by atoms with E-state index in [1.54, 1.807) is 42.3 Å². The number of hydrogen-bond acceptors (Lipinski definition) is 8. The minimum absolute atomic E-state index is 0. The number of nitrogens with one attached hydrogen (secondary N) is 2. The van der Waals surface area contributed by atoms with Crippen molar-refractivity contribution in [3.05, 3.63) is 71.3 Å². The molecular formula is C35H44Cl2N6O5S. The Morgan fingerprint density at radius 3 is 2.47 bits per heavy atom. The maximum Gasteiger partial charge on any atom is 0.258 e. The van der Waals surface area contributed by atoms with E-state index in [9.17, 15) is 14.4 Å². The van der Waals surface area contributed by atoms with Gasteiger partial charge in [0.25, 0.3) is 11.8 Å². The van der Waals surface area contributed by atoms with E-state index in [1.165, 1.54) is 7.11 Å². The predicted octanol–water partition coefficient (Wildman–Crippen LogP) is 6.25. The highest BCUT2D eigenvalue weighted by atomic mass is 35.5. The van der Waals surface area contributed by atoms with Gasteiger partial charge in [-0.25, -0.2) is 4.98 Å². The molecular weight excluding hydrogens is 687 g/mol. The van der Waals surface area contributed by atoms with Crippen LogP contribution in [0.1, 0.15) is 52.0 Å². The van der Waals surface area contributed by atoms with Crippen LogP contribution in [-0.4, -0.2) is 91.5 Å². The van der Waals surface area contributed by atoms with E-state index >= 15 is 0 Å². The molecule has 0 saturated carbocycles. The fourth-order valence-corrected chi connectivity index (χ4v) is 5.81. The molecule has 11 nitrogen and oxygen atoms in total. The second kappa shape index (κ2) is 18.1. The number of piperazine rings is 1. The molecule has 1 saturated heterocycles. The molecule has 264 valence electrons. The van der Waals surface area contributed by atoms with Crippen molar-refractivity contribution >= 4 is 77.6 Å². The van der Waals surface area contributed by atoms with Gasteiger partial charge in [0, 0.05) is 45.2 Å². The smallest absolute Gasteiger partial charge is 0.258 e. The van der Waals surface area contributed by atoms with Gasteiger partial charge >= 0.3 is 0 Å². The molecule has 3 aromatic carbocycles. The molecule has 3 amide bonds. The second-order valence-electron chi connectivity index (χ2n) is 11.8. The lowest BCUT2D eigenvalue weighted by molar-refractivity contribution is -0.132. The molecule has 2 N–H and O–H groups in total. The summed E-state index contributed by atoms with van der Waals surface area (Å²) < 4.78 is 11.7. The molecule has 14 heteroatoms. The number of halogens is 2. The van der Waals surface area contributed by atoms with E-state index in [1.807, 2.05) is 36.1 Å². The molecule has 5 rings (SSSR count). The first kappa shape index (κ1) is 39.5. The summed E-state index contributed by atoms with van der Waals surface area (Å²) in [5, 5.41) is 3.29. The van der Waals surface area contributed by atoms with Gasteiger partial charge in [0.05, 0.1) is 36.2 Å². The maximum atomic E-state index is 13.7. The summed E-state index contributed by atoms with van der Waals surface area (Å²) in [7, 11) is 5.27. The number of amides is 3. The van der Waals surface area contributed by atoms with Gasteiger partial charge in [-0.05, 0) is 81.3 Å². The number of benzene rings is 3. The van der Waals surface area contributed by atoms with Crippen LogP contribution in [0.3, 0.4) is 0 Å². The van der Waals surface area contributed by atoms with E-state index in [2.05, 4.69) is 39.9 Å². The summed E-state index contributed by atoms with van der Waals surface area (Å²) in [5.74, 6) is 0.550. The monoisotopic (exact) mass is 730 g/mol. The Morgan fingerprint density at radius 2 is 1.73 bits per heavy atom. The van der Waals surface area contributed by atoms with Crippen LogP contribution < -0.4 is 19.7 Å². The number of unbranched alkanes of at least 4 members (excludes halogenated alkanes) is 2. The number of methoxy groups -OCH3 is 1. The van der Waals surface area contributed by atoms with Crippen molar-refractivity contribution in [3.63, 3.8) is 0 Å². The molecule has 1 aliphatic heterocycles. The van der Waals surface area contributed by atoms with Gasteiger partial charge in [-0.3, -0.25) is 14.4 Å². The van der Waals surface area contributed by atoms with Crippen molar-refractivity contribution < 1.29 is 23.9 Å². The van der Waals surface area contributed by atoms with Crippen molar-refractivity contribution in [1.82, 2.24) is 19.8 Å². The van der Waals surface area contributed by atoms with Crippen LogP contribution >= 0.6 is 37.4 Å². The first-order valence-corrected chi connectivity index (χ1v) is 16.2. The molecule has 0 bridgehead atoms. The van der Waals surface area contributed by atoms with Gasteiger partial charge in [-0.1, -0.05) is 12.1 Å². The minimum atomic E-state index is -0.368. The molecule has 1 fully saturated rings. The topological polar surface area (TPSA) is 120 Å². The molecule has 2 heterocycles. The number of nitrogens with zero attached hydrogens (tertiary/aromatic N) is 4. The predicted molar refractivity (Wildman–Crippen MR) is 201 cm³/mol. The summed E-state index contributed by atoms with van der Waals surface area (Å²) in [6, 6.07) is 15.9. The highest BCUT2D eigenvalue weighted by Gasteiger charge is 2.21. The Balaban J connectivity index is 0.00000325. The van der Waals surface area contributed by atoms with Crippen molar-refractivity contribution in [3.8, 4) is 11.5 Å². The summed E-state index contributed by atoms with van der Waals surface area (Å²) in [6.45, 7) is 5.91. The lowest BCUT2D eigenvalue weighted by atomic mass is 10.1. The lowest BCUT2D eigenvalue weighted by Crippen LogP contribution is -2.47. The molecule has 4 aromatic rings. The minimum Gasteiger partial charge on any atom is -0.495 e. The van der Waals surface area contributed by atoms with Crippen LogP contribution in [-0.2, 0) is 4.79 Å². The largest absolute Gasteiger partial charge is 0.495 e. The van der Waals surface area contributed by atoms with Crippen molar-refractivity contribution in [1.29, 1.82) is 0 Å². The molecule has 49 heavy (non-hydrogen) atoms. The van der Waals surface area contributed by atoms with Crippen molar-refractivity contribution in [2.45, 2.75) is 37.8 Å². The highest BCUT2D eigenvalue weighted by Crippen LogP contribution is 2.32. The zero-order valence-electron chi connectivity index (χ0n) is 28.2. The van der Waals surface area contributed by atoms with Gasteiger partial charge in [0.15, 0.2) is 5.16 Å². The maximum absolute atomic E-state index is 13.7. The van der Waals surface area contributed by atoms with Crippen molar-refractivity contribution in [2.24, 2.45) is 0 Å². The Bertz CT molecular complexity index is 1760. The molecule has 0 unspecified atom stereocenters. The van der Waals surface area contributed by atoms with E-state index in [0.717, 1.165) is 51.0 Å². The third kappa shape index (κ3) is 9.81. The van der Waals surface area contributed by atoms with Gasteiger partial charge in [0.1, 0.15) is 17.0 Å². The zero-order valence-corrected chi connectivity index (χ0v) is 30.7. The molecule has 0 aliphatic carbocycles. The van der Waals surface area contributed by atoms with E-state index in [4.69, 9.17) is 9.47 Å². The van der Waals surface area contributed by atoms with E-state index in [-0.39, 0.29) is 42.5 Å². The second-order valence-corrected chi connectivity index (χ2v) is 12.2. The number of H-pyrrole nitrogens is 1. The number of aromatic amines is 1. The Hall–Kier alpha value is -3.97. The van der Waals surface area contributed by atoms with Gasteiger partial charge in [0.2, 0.25) is 5.91 Å². The van der Waals surface area contributed by atoms with Crippen LogP contribution in [0.25, 0.3) is 11.0 Å². The molecule has 1 aliphatic rings. The van der Waals surface area contributed by atoms with Crippen LogP contribution in [0.4, 0.5) is 11.4 Å². The van der Waals surface area contributed by atoms with E-state index in [0.29, 0.717) is 63.2 Å². The van der Waals surface area contributed by atoms with Crippen LogP contribution in [0.15, 0.2) is 59.8 Å². The number of carbonyl (C=O) groups excluding carboxylic acids is 3. The number of aryl methyl sites for hydroxylation is 1. The molecule has 0 atom stereocenters. The number of imidazole rings is 1. The normalized spacial score (nSPS) is 12.9. The molecule has 1 aromatic heterocycles. The van der Waals surface area contributed by atoms with Gasteiger partial charge in [-0.15, -0.1) is 37.4 Å². The van der Waals surface area contributed by atoms with Crippen LogP contribution in [0, 0.1) is 6.92 Å². The number of fused-ring (bicyclic) bond motifs is 1. The molecule has 0 spiro atoms. The number of rotatable bonds is 12. The standard InChI is InChI=1S/C35H42N6O5S.2ClH/c1-23-12-15-28(30(21-23)46-20-7-5-6-11-31(42)41-18-16-39(2)17-19-41)40(3)34(44)24-13-14-26(29(22-24)45-4)36-33(43)25-9-8-10-27-32(25)38-35(47)37-27;;/h8-10,12-15,21-22H,5-7,11,16-20H2,1-4H3,(H,36,43)(H2,37,38,47);2*1H. The number of para-hydroxylation sites is 1. The number of carbonyl (C=O) groups is 3. The number of anilines is 2. The third-order valence-electron chi connectivity index (χ3n) is 8.37. The van der Waals surface area contributed by atoms with Gasteiger partial charge < -0.3 is 34.5 Å². The number of likely N-dealkylation sites (N-methyl/N-ethyl adjacent to an activating group) is 1. The fourth-order valence-electron chi connectivity index (χ4n) is 5.59. The summed E-state index contributed by atoms with van der Waals surface area (Å²) in [6.07, 6.45) is 3.06. The number of ether oxygens (including phenoxy) is 2. The Kier molecular flexibility index (Phi) is 14.6. The van der Waals surface area contributed by atoms with E-state index < -0.39 is 0 Å². The number of aromatic nitrogens is 2. The highest BCUT2D eigenvalue weighted by molar-refractivity contribution is 7.80. The van der Waals surface area contributed by atoms with Gasteiger partial charge in [-0.2, -0.15) is 0 Å². The fraction of sp³-hybridized carbons (Fsp3) is 0.371. The van der Waals surface area contributed by atoms with Crippen LogP contribution in [0.5, 0.6) is 11.5 Å². The van der Waals surface area contributed by atoms with Crippen molar-refractivity contribution in [2.75, 3.05) is 64.2 Å². The first-order chi connectivity index (χ1) is 22.6. The average Bonchev–Trinajstić information content (AvgIpc) is 3.46. The third-order valence-corrected chi connectivity index (χ3v) is 8.58.